The van der Waals surface area contributed by atoms with Gasteiger partial charge >= 0.3 is 0 Å². The molecule has 2 rings (SSSR count). The van der Waals surface area contributed by atoms with E-state index in [4.69, 9.17) is 23.2 Å². The van der Waals surface area contributed by atoms with Crippen LogP contribution >= 0.6 is 23.2 Å². The van der Waals surface area contributed by atoms with E-state index in [0.29, 0.717) is 35.2 Å². The highest BCUT2D eigenvalue weighted by molar-refractivity contribution is 6.42. The van der Waals surface area contributed by atoms with Crippen molar-refractivity contribution in [3.63, 3.8) is 0 Å². The van der Waals surface area contributed by atoms with Crippen LogP contribution in [0.25, 0.3) is 0 Å². The number of aliphatic imine (C=N–C) groups is 1. The molecule has 0 spiro atoms. The number of aromatic nitrogens is 1. The summed E-state index contributed by atoms with van der Waals surface area (Å²) in [7, 11) is 1.94. The third kappa shape index (κ3) is 6.73. The molecule has 6 nitrogen and oxygen atoms in total. The number of hydrogen-bond acceptors (Lipinski definition) is 3. The number of halogens is 2. The van der Waals surface area contributed by atoms with Gasteiger partial charge < -0.3 is 15.5 Å². The van der Waals surface area contributed by atoms with Crippen molar-refractivity contribution in [2.75, 3.05) is 26.7 Å². The number of hydrogen-bond donors (Lipinski definition) is 2. The SMILES string of the molecule is CCNC(=NCCNC(=O)c1cccnc1)N(C)Cc1ccc(Cl)c(Cl)c1. The van der Waals surface area contributed by atoms with Crippen LogP contribution in [0, 0.1) is 0 Å². The zero-order valence-electron chi connectivity index (χ0n) is 15.4. The Balaban J connectivity index is 1.90. The Bertz CT molecular complexity index is 783. The Morgan fingerprint density at radius 2 is 2.04 bits per heavy atom. The van der Waals surface area contributed by atoms with Crippen molar-refractivity contribution in [3.8, 4) is 0 Å². The largest absolute Gasteiger partial charge is 0.357 e. The summed E-state index contributed by atoms with van der Waals surface area (Å²) in [6, 6.07) is 9.01. The lowest BCUT2D eigenvalue weighted by Crippen LogP contribution is -2.39. The second-order valence-electron chi connectivity index (χ2n) is 5.84. The third-order valence-electron chi connectivity index (χ3n) is 3.68. The van der Waals surface area contributed by atoms with Crippen LogP contribution in [0.15, 0.2) is 47.7 Å². The summed E-state index contributed by atoms with van der Waals surface area (Å²) in [5, 5.41) is 7.14. The lowest BCUT2D eigenvalue weighted by atomic mass is 10.2. The van der Waals surface area contributed by atoms with Crippen LogP contribution in [0.1, 0.15) is 22.8 Å². The maximum Gasteiger partial charge on any atom is 0.252 e. The predicted octanol–water partition coefficient (Wildman–Crippen LogP) is 3.22. The van der Waals surface area contributed by atoms with Crippen LogP contribution in [0.2, 0.25) is 10.0 Å². The van der Waals surface area contributed by atoms with Gasteiger partial charge in [0, 0.05) is 39.1 Å². The average Bonchev–Trinajstić information content (AvgIpc) is 2.67. The summed E-state index contributed by atoms with van der Waals surface area (Å²) in [5.74, 6) is 0.590. The molecule has 0 aliphatic rings. The fourth-order valence-electron chi connectivity index (χ4n) is 2.39. The number of carbonyl (C=O) groups excluding carboxylic acids is 1. The molecule has 0 atom stereocenters. The first-order valence-corrected chi connectivity index (χ1v) is 9.38. The van der Waals surface area contributed by atoms with Crippen molar-refractivity contribution >= 4 is 35.1 Å². The molecular weight excluding hydrogens is 385 g/mol. The van der Waals surface area contributed by atoms with Crippen LogP contribution < -0.4 is 10.6 Å². The smallest absolute Gasteiger partial charge is 0.252 e. The second kappa shape index (κ2) is 10.7. The molecule has 0 radical (unpaired) electrons. The molecule has 1 aromatic carbocycles. The maximum atomic E-state index is 12.0. The molecule has 8 heteroatoms. The van der Waals surface area contributed by atoms with Gasteiger partial charge in [0.25, 0.3) is 5.91 Å². The van der Waals surface area contributed by atoms with E-state index in [1.54, 1.807) is 24.4 Å². The second-order valence-corrected chi connectivity index (χ2v) is 6.65. The van der Waals surface area contributed by atoms with E-state index >= 15 is 0 Å². The Labute approximate surface area is 169 Å². The van der Waals surface area contributed by atoms with Gasteiger partial charge in [0.15, 0.2) is 5.96 Å². The molecule has 0 bridgehead atoms. The third-order valence-corrected chi connectivity index (χ3v) is 4.42. The number of nitrogens with zero attached hydrogens (tertiary/aromatic N) is 3. The molecule has 144 valence electrons. The summed E-state index contributed by atoms with van der Waals surface area (Å²) in [6.45, 7) is 4.27. The summed E-state index contributed by atoms with van der Waals surface area (Å²) in [5.41, 5.74) is 1.56. The number of nitrogens with one attached hydrogen (secondary N) is 2. The number of pyridine rings is 1. The Morgan fingerprint density at radius 3 is 2.70 bits per heavy atom. The average molecular weight is 408 g/mol. The molecule has 2 aromatic rings. The zero-order chi connectivity index (χ0) is 19.6. The lowest BCUT2D eigenvalue weighted by molar-refractivity contribution is 0.0954. The first-order chi connectivity index (χ1) is 13.0. The molecule has 1 amide bonds. The van der Waals surface area contributed by atoms with Crippen LogP contribution in [-0.2, 0) is 6.54 Å². The molecule has 0 fully saturated rings. The molecule has 2 N–H and O–H groups in total. The van der Waals surface area contributed by atoms with Gasteiger partial charge in [0.1, 0.15) is 0 Å². The number of guanidine groups is 1. The highest BCUT2D eigenvalue weighted by Crippen LogP contribution is 2.23. The number of carbonyl (C=O) groups is 1. The van der Waals surface area contributed by atoms with Gasteiger partial charge in [-0.2, -0.15) is 0 Å². The number of amides is 1. The van der Waals surface area contributed by atoms with Crippen molar-refractivity contribution in [2.45, 2.75) is 13.5 Å². The van der Waals surface area contributed by atoms with Crippen molar-refractivity contribution < 1.29 is 4.79 Å². The minimum absolute atomic E-state index is 0.160. The first kappa shape index (κ1) is 21.0. The van der Waals surface area contributed by atoms with Crippen molar-refractivity contribution in [2.24, 2.45) is 4.99 Å². The van der Waals surface area contributed by atoms with Gasteiger partial charge in [-0.25, -0.2) is 0 Å². The van der Waals surface area contributed by atoms with Gasteiger partial charge in [-0.1, -0.05) is 29.3 Å². The molecule has 0 aliphatic heterocycles. The summed E-state index contributed by atoms with van der Waals surface area (Å²) >= 11 is 12.0. The molecule has 0 saturated carbocycles. The molecular formula is C19H23Cl2N5O. The lowest BCUT2D eigenvalue weighted by Gasteiger charge is -2.22. The predicted molar refractivity (Wildman–Crippen MR) is 110 cm³/mol. The van der Waals surface area contributed by atoms with E-state index in [-0.39, 0.29) is 5.91 Å². The van der Waals surface area contributed by atoms with Crippen LogP contribution in [0.5, 0.6) is 0 Å². The normalized spacial score (nSPS) is 11.2. The van der Waals surface area contributed by atoms with Gasteiger partial charge in [-0.15, -0.1) is 0 Å². The minimum Gasteiger partial charge on any atom is -0.357 e. The molecule has 27 heavy (non-hydrogen) atoms. The quantitative estimate of drug-likeness (QED) is 0.419. The summed E-state index contributed by atoms with van der Waals surface area (Å²) in [4.78, 5) is 22.5. The maximum absolute atomic E-state index is 12.0. The molecule has 0 saturated heterocycles. The van der Waals surface area contributed by atoms with Gasteiger partial charge in [0.05, 0.1) is 22.2 Å². The summed E-state index contributed by atoms with van der Waals surface area (Å²) in [6.07, 6.45) is 3.17. The van der Waals surface area contributed by atoms with E-state index in [0.717, 1.165) is 18.1 Å². The highest BCUT2D eigenvalue weighted by atomic mass is 35.5. The van der Waals surface area contributed by atoms with E-state index < -0.39 is 0 Å². The van der Waals surface area contributed by atoms with Crippen LogP contribution in [-0.4, -0.2) is 48.4 Å². The van der Waals surface area contributed by atoms with Crippen molar-refractivity contribution in [1.82, 2.24) is 20.5 Å². The zero-order valence-corrected chi connectivity index (χ0v) is 16.9. The Kier molecular flexibility index (Phi) is 8.36. The Morgan fingerprint density at radius 1 is 1.22 bits per heavy atom. The first-order valence-electron chi connectivity index (χ1n) is 8.63. The van der Waals surface area contributed by atoms with Crippen molar-refractivity contribution in [1.29, 1.82) is 0 Å². The molecule has 0 aliphatic carbocycles. The van der Waals surface area contributed by atoms with E-state index in [1.165, 1.54) is 6.20 Å². The van der Waals surface area contributed by atoms with Gasteiger partial charge in [0.2, 0.25) is 0 Å². The highest BCUT2D eigenvalue weighted by Gasteiger charge is 2.08. The Hall–Kier alpha value is -2.31. The number of benzene rings is 1. The fourth-order valence-corrected chi connectivity index (χ4v) is 2.71. The molecule has 1 heterocycles. The van der Waals surface area contributed by atoms with E-state index in [1.807, 2.05) is 31.0 Å². The van der Waals surface area contributed by atoms with Gasteiger partial charge in [-0.3, -0.25) is 14.8 Å². The monoisotopic (exact) mass is 407 g/mol. The van der Waals surface area contributed by atoms with E-state index in [9.17, 15) is 4.79 Å². The fraction of sp³-hybridized carbons (Fsp3) is 0.316. The summed E-state index contributed by atoms with van der Waals surface area (Å²) < 4.78 is 0. The van der Waals surface area contributed by atoms with Gasteiger partial charge in [-0.05, 0) is 36.8 Å². The van der Waals surface area contributed by atoms with Crippen LogP contribution in [0.3, 0.4) is 0 Å². The van der Waals surface area contributed by atoms with E-state index in [2.05, 4.69) is 20.6 Å². The van der Waals surface area contributed by atoms with Crippen molar-refractivity contribution in [3.05, 3.63) is 63.9 Å². The number of rotatable bonds is 7. The molecule has 1 aromatic heterocycles. The standard InChI is InChI=1S/C19H23Cl2N5O/c1-3-23-19(26(2)13-14-6-7-16(20)17(21)11-14)25-10-9-24-18(27)15-5-4-8-22-12-15/h4-8,11-12H,3,9-10,13H2,1-2H3,(H,23,25)(H,24,27). The molecule has 0 unspecified atom stereocenters. The minimum atomic E-state index is -0.160. The van der Waals surface area contributed by atoms with Crippen LogP contribution in [0.4, 0.5) is 0 Å². The topological polar surface area (TPSA) is 69.6 Å².